The van der Waals surface area contributed by atoms with Crippen LogP contribution in [0.2, 0.25) is 0 Å². The van der Waals surface area contributed by atoms with Crippen molar-refractivity contribution in [2.75, 3.05) is 40.4 Å². The van der Waals surface area contributed by atoms with E-state index < -0.39 is 0 Å². The fraction of sp³-hybridized carbons (Fsp3) is 0.409. The number of methoxy groups -OCH3 is 2. The van der Waals surface area contributed by atoms with E-state index in [1.54, 1.807) is 32.4 Å². The highest BCUT2D eigenvalue weighted by atomic mass is 16.5. The Morgan fingerprint density at radius 3 is 2.50 bits per heavy atom. The van der Waals surface area contributed by atoms with Gasteiger partial charge in [0.1, 0.15) is 0 Å². The molecule has 2 aromatic heterocycles. The van der Waals surface area contributed by atoms with Gasteiger partial charge in [-0.05, 0) is 36.8 Å². The number of benzene rings is 1. The zero-order chi connectivity index (χ0) is 21.3. The second kappa shape index (κ2) is 8.31. The molecule has 0 saturated carbocycles. The van der Waals surface area contributed by atoms with Gasteiger partial charge < -0.3 is 14.4 Å². The van der Waals surface area contributed by atoms with Crippen LogP contribution in [0.1, 0.15) is 21.6 Å². The summed E-state index contributed by atoms with van der Waals surface area (Å²) in [6.45, 7) is 5.84. The third-order valence-electron chi connectivity index (χ3n) is 5.62. The van der Waals surface area contributed by atoms with Crippen molar-refractivity contribution < 1.29 is 14.3 Å². The molecular formula is C22H27N5O3. The van der Waals surface area contributed by atoms with E-state index in [1.807, 2.05) is 29.7 Å². The molecular weight excluding hydrogens is 382 g/mol. The minimum absolute atomic E-state index is 0.0182. The number of fused-ring (bicyclic) bond motifs is 1. The van der Waals surface area contributed by atoms with Crippen LogP contribution in [-0.2, 0) is 13.6 Å². The molecule has 0 aliphatic carbocycles. The Hall–Kier alpha value is -3.13. The van der Waals surface area contributed by atoms with Gasteiger partial charge in [-0.2, -0.15) is 5.10 Å². The second-order valence-electron chi connectivity index (χ2n) is 7.56. The highest BCUT2D eigenvalue weighted by Crippen LogP contribution is 2.28. The predicted octanol–water partition coefficient (Wildman–Crippen LogP) is 2.25. The zero-order valence-corrected chi connectivity index (χ0v) is 17.9. The van der Waals surface area contributed by atoms with Crippen molar-refractivity contribution in [1.82, 2.24) is 24.6 Å². The number of hydrogen-bond acceptors (Lipinski definition) is 6. The summed E-state index contributed by atoms with van der Waals surface area (Å²) in [5, 5.41) is 5.53. The maximum absolute atomic E-state index is 12.9. The van der Waals surface area contributed by atoms with E-state index in [0.717, 1.165) is 36.4 Å². The molecule has 1 saturated heterocycles. The molecule has 158 valence electrons. The first-order chi connectivity index (χ1) is 14.5. The number of pyridine rings is 1. The number of aromatic nitrogens is 3. The van der Waals surface area contributed by atoms with Crippen molar-refractivity contribution >= 4 is 16.9 Å². The molecule has 0 radical (unpaired) electrons. The van der Waals surface area contributed by atoms with E-state index in [0.29, 0.717) is 30.2 Å². The average molecular weight is 409 g/mol. The number of nitrogens with zero attached hydrogens (tertiary/aromatic N) is 5. The summed E-state index contributed by atoms with van der Waals surface area (Å²) < 4.78 is 12.4. The molecule has 0 spiro atoms. The number of rotatable bonds is 5. The SMILES string of the molecule is COc1ccc(C(=O)N2CCN(Cc3cnc4c(c3)c(C)nn4C)CC2)cc1OC. The van der Waals surface area contributed by atoms with Crippen LogP contribution in [0, 0.1) is 6.92 Å². The first kappa shape index (κ1) is 20.2. The fourth-order valence-electron chi connectivity index (χ4n) is 3.96. The number of carbonyl (C=O) groups is 1. The molecule has 1 aliphatic heterocycles. The Balaban J connectivity index is 1.39. The van der Waals surface area contributed by atoms with Crippen molar-refractivity contribution in [2.45, 2.75) is 13.5 Å². The Morgan fingerprint density at radius 1 is 1.07 bits per heavy atom. The number of amides is 1. The van der Waals surface area contributed by atoms with E-state index in [-0.39, 0.29) is 5.91 Å². The molecule has 30 heavy (non-hydrogen) atoms. The van der Waals surface area contributed by atoms with Gasteiger partial charge in [-0.15, -0.1) is 0 Å². The van der Waals surface area contributed by atoms with Crippen LogP contribution in [0.25, 0.3) is 11.0 Å². The third-order valence-corrected chi connectivity index (χ3v) is 5.62. The Bertz CT molecular complexity index is 1070. The van der Waals surface area contributed by atoms with Crippen LogP contribution in [0.15, 0.2) is 30.5 Å². The van der Waals surface area contributed by atoms with Gasteiger partial charge in [-0.1, -0.05) is 0 Å². The lowest BCUT2D eigenvalue weighted by Crippen LogP contribution is -2.48. The van der Waals surface area contributed by atoms with Crippen LogP contribution in [0.4, 0.5) is 0 Å². The van der Waals surface area contributed by atoms with Crippen molar-refractivity contribution in [1.29, 1.82) is 0 Å². The molecule has 1 aliphatic rings. The molecule has 1 amide bonds. The standard InChI is InChI=1S/C22H27N5O3/c1-15-18-11-16(13-23-21(18)25(2)24-15)14-26-7-9-27(10-8-26)22(28)17-5-6-19(29-3)20(12-17)30-4/h5-6,11-13H,7-10,14H2,1-4H3. The highest BCUT2D eigenvalue weighted by Gasteiger charge is 2.23. The van der Waals surface area contributed by atoms with Gasteiger partial charge in [0.2, 0.25) is 0 Å². The largest absolute Gasteiger partial charge is 0.493 e. The average Bonchev–Trinajstić information content (AvgIpc) is 3.06. The van der Waals surface area contributed by atoms with Gasteiger partial charge in [-0.25, -0.2) is 4.98 Å². The smallest absolute Gasteiger partial charge is 0.254 e. The zero-order valence-electron chi connectivity index (χ0n) is 17.9. The number of ether oxygens (including phenoxy) is 2. The first-order valence-electron chi connectivity index (χ1n) is 10.0. The van der Waals surface area contributed by atoms with Crippen molar-refractivity contribution in [3.8, 4) is 11.5 Å². The number of carbonyl (C=O) groups excluding carboxylic acids is 1. The number of hydrogen-bond donors (Lipinski definition) is 0. The maximum atomic E-state index is 12.9. The summed E-state index contributed by atoms with van der Waals surface area (Å²) in [5.74, 6) is 1.20. The van der Waals surface area contributed by atoms with Crippen LogP contribution < -0.4 is 9.47 Å². The van der Waals surface area contributed by atoms with Crippen LogP contribution in [0.3, 0.4) is 0 Å². The molecule has 8 nitrogen and oxygen atoms in total. The molecule has 0 unspecified atom stereocenters. The minimum atomic E-state index is 0.0182. The molecule has 3 heterocycles. The van der Waals surface area contributed by atoms with E-state index in [4.69, 9.17) is 9.47 Å². The third kappa shape index (κ3) is 3.82. The quantitative estimate of drug-likeness (QED) is 0.644. The molecule has 4 rings (SSSR count). The van der Waals surface area contributed by atoms with Gasteiger partial charge in [0.15, 0.2) is 17.1 Å². The summed E-state index contributed by atoms with van der Waals surface area (Å²) in [6, 6.07) is 7.47. The van der Waals surface area contributed by atoms with Crippen LogP contribution >= 0.6 is 0 Å². The van der Waals surface area contributed by atoms with Gasteiger partial charge in [0.05, 0.1) is 19.9 Å². The van der Waals surface area contributed by atoms with E-state index in [2.05, 4.69) is 21.0 Å². The molecule has 3 aromatic rings. The first-order valence-corrected chi connectivity index (χ1v) is 10.0. The van der Waals surface area contributed by atoms with E-state index in [9.17, 15) is 4.79 Å². The molecule has 1 aromatic carbocycles. The minimum Gasteiger partial charge on any atom is -0.493 e. The summed E-state index contributed by atoms with van der Waals surface area (Å²) in [4.78, 5) is 21.7. The summed E-state index contributed by atoms with van der Waals surface area (Å²) in [5.41, 5.74) is 3.68. The van der Waals surface area contributed by atoms with Crippen molar-refractivity contribution in [2.24, 2.45) is 7.05 Å². The molecule has 0 atom stereocenters. The normalized spacial score (nSPS) is 14.9. The lowest BCUT2D eigenvalue weighted by molar-refractivity contribution is 0.0628. The highest BCUT2D eigenvalue weighted by molar-refractivity contribution is 5.95. The van der Waals surface area contributed by atoms with Crippen molar-refractivity contribution in [3.05, 3.63) is 47.3 Å². The maximum Gasteiger partial charge on any atom is 0.254 e. The second-order valence-corrected chi connectivity index (χ2v) is 7.56. The predicted molar refractivity (Wildman–Crippen MR) is 114 cm³/mol. The van der Waals surface area contributed by atoms with Crippen LogP contribution in [-0.4, -0.2) is 70.9 Å². The summed E-state index contributed by atoms with van der Waals surface area (Å²) in [6.07, 6.45) is 1.92. The molecule has 0 bridgehead atoms. The molecule has 1 fully saturated rings. The lowest BCUT2D eigenvalue weighted by Gasteiger charge is -2.34. The van der Waals surface area contributed by atoms with Crippen LogP contribution in [0.5, 0.6) is 11.5 Å². The van der Waals surface area contributed by atoms with Gasteiger partial charge >= 0.3 is 0 Å². The number of piperazine rings is 1. The molecule has 0 N–H and O–H groups in total. The fourth-order valence-corrected chi connectivity index (χ4v) is 3.96. The van der Waals surface area contributed by atoms with Gasteiger partial charge in [-0.3, -0.25) is 14.4 Å². The molecule has 8 heteroatoms. The Labute approximate surface area is 176 Å². The van der Waals surface area contributed by atoms with E-state index in [1.165, 1.54) is 5.56 Å². The summed E-state index contributed by atoms with van der Waals surface area (Å²) >= 11 is 0. The summed E-state index contributed by atoms with van der Waals surface area (Å²) in [7, 11) is 5.07. The Kier molecular flexibility index (Phi) is 5.59. The topological polar surface area (TPSA) is 72.7 Å². The lowest BCUT2D eigenvalue weighted by atomic mass is 10.1. The number of aryl methyl sites for hydroxylation is 2. The van der Waals surface area contributed by atoms with Crippen molar-refractivity contribution in [3.63, 3.8) is 0 Å². The monoisotopic (exact) mass is 409 g/mol. The van der Waals surface area contributed by atoms with Gasteiger partial charge in [0, 0.05) is 56.9 Å². The van der Waals surface area contributed by atoms with E-state index >= 15 is 0 Å². The Morgan fingerprint density at radius 2 is 1.80 bits per heavy atom. The van der Waals surface area contributed by atoms with Gasteiger partial charge in [0.25, 0.3) is 5.91 Å².